The zero-order valence-corrected chi connectivity index (χ0v) is 14.0. The molecule has 2 N–H and O–H groups in total. The van der Waals surface area contributed by atoms with Crippen molar-refractivity contribution in [1.82, 2.24) is 19.9 Å². The van der Waals surface area contributed by atoms with Crippen LogP contribution in [0.15, 0.2) is 65.8 Å². The first-order chi connectivity index (χ1) is 12.1. The van der Waals surface area contributed by atoms with Crippen molar-refractivity contribution in [3.63, 3.8) is 0 Å². The molecule has 0 aliphatic rings. The van der Waals surface area contributed by atoms with Crippen LogP contribution >= 0.6 is 0 Å². The molecule has 3 rings (SSSR count). The van der Waals surface area contributed by atoms with Crippen LogP contribution in [0.3, 0.4) is 0 Å². The Hall–Kier alpha value is -3.15. The standard InChI is InChI=1S/C19H20N4O2/c1-14-20-11-13-23(14)12-9-17(15-6-3-2-4-7-15)22-19(25)16-8-5-10-21-18(16)24/h2-8,10-11,13,17H,9,12H2,1H3,(H,21,24)(H,22,25)/t17-/m0/s1. The minimum Gasteiger partial charge on any atom is -0.345 e. The molecule has 3 aromatic rings. The summed E-state index contributed by atoms with van der Waals surface area (Å²) in [6, 6.07) is 12.7. The van der Waals surface area contributed by atoms with E-state index in [0.29, 0.717) is 6.42 Å². The number of imidazole rings is 1. The number of nitrogens with zero attached hydrogens (tertiary/aromatic N) is 2. The number of hydrogen-bond acceptors (Lipinski definition) is 3. The molecule has 0 saturated heterocycles. The maximum atomic E-state index is 12.5. The van der Waals surface area contributed by atoms with Gasteiger partial charge in [0, 0.05) is 25.1 Å². The molecule has 128 valence electrons. The van der Waals surface area contributed by atoms with Crippen molar-refractivity contribution in [1.29, 1.82) is 0 Å². The number of aromatic amines is 1. The van der Waals surface area contributed by atoms with Gasteiger partial charge < -0.3 is 14.9 Å². The lowest BCUT2D eigenvalue weighted by Gasteiger charge is -2.20. The molecule has 0 radical (unpaired) electrons. The van der Waals surface area contributed by atoms with E-state index < -0.39 is 5.56 Å². The average molecular weight is 336 g/mol. The molecule has 0 fully saturated rings. The highest BCUT2D eigenvalue weighted by Gasteiger charge is 2.17. The third-order valence-corrected chi connectivity index (χ3v) is 4.15. The molecule has 2 heterocycles. The second-order valence-corrected chi connectivity index (χ2v) is 5.81. The van der Waals surface area contributed by atoms with Gasteiger partial charge in [0.25, 0.3) is 11.5 Å². The SMILES string of the molecule is Cc1nccn1CC[C@H](NC(=O)c1ccc[nH]c1=O)c1ccccc1. The van der Waals surface area contributed by atoms with Gasteiger partial charge in [0.15, 0.2) is 0 Å². The largest absolute Gasteiger partial charge is 0.345 e. The predicted octanol–water partition coefficient (Wildman–Crippen LogP) is 2.44. The Kier molecular flexibility index (Phi) is 5.09. The van der Waals surface area contributed by atoms with Gasteiger partial charge in [0.2, 0.25) is 0 Å². The lowest BCUT2D eigenvalue weighted by Crippen LogP contribution is -2.33. The van der Waals surface area contributed by atoms with Crippen LogP contribution in [-0.2, 0) is 6.54 Å². The number of H-pyrrole nitrogens is 1. The number of hydrogen-bond donors (Lipinski definition) is 2. The second kappa shape index (κ2) is 7.61. The van der Waals surface area contributed by atoms with Gasteiger partial charge in [-0.3, -0.25) is 9.59 Å². The first kappa shape index (κ1) is 16.7. The third kappa shape index (κ3) is 4.03. The summed E-state index contributed by atoms with van der Waals surface area (Å²) in [5.74, 6) is 0.552. The summed E-state index contributed by atoms with van der Waals surface area (Å²) in [7, 11) is 0. The highest BCUT2D eigenvalue weighted by Crippen LogP contribution is 2.18. The number of aromatic nitrogens is 3. The molecule has 0 spiro atoms. The molecule has 0 aliphatic carbocycles. The molecule has 0 saturated carbocycles. The number of benzene rings is 1. The fourth-order valence-corrected chi connectivity index (χ4v) is 2.75. The molecule has 6 nitrogen and oxygen atoms in total. The van der Waals surface area contributed by atoms with Gasteiger partial charge >= 0.3 is 0 Å². The zero-order chi connectivity index (χ0) is 17.6. The first-order valence-corrected chi connectivity index (χ1v) is 8.16. The van der Waals surface area contributed by atoms with Crippen LogP contribution in [0.5, 0.6) is 0 Å². The summed E-state index contributed by atoms with van der Waals surface area (Å²) in [5, 5.41) is 2.98. The van der Waals surface area contributed by atoms with Crippen molar-refractivity contribution in [2.75, 3.05) is 0 Å². The Balaban J connectivity index is 1.79. The Morgan fingerprint density at radius 3 is 2.72 bits per heavy atom. The monoisotopic (exact) mass is 336 g/mol. The number of carbonyl (C=O) groups is 1. The second-order valence-electron chi connectivity index (χ2n) is 5.81. The van der Waals surface area contributed by atoms with E-state index in [1.165, 1.54) is 12.3 Å². The lowest BCUT2D eigenvalue weighted by molar-refractivity contribution is 0.0932. The van der Waals surface area contributed by atoms with Crippen molar-refractivity contribution in [3.05, 3.63) is 88.4 Å². The Labute approximate surface area is 145 Å². The smallest absolute Gasteiger partial charge is 0.260 e. The number of nitrogens with one attached hydrogen (secondary N) is 2. The predicted molar refractivity (Wildman–Crippen MR) is 95.3 cm³/mol. The summed E-state index contributed by atoms with van der Waals surface area (Å²) in [4.78, 5) is 31.1. The fraction of sp³-hybridized carbons (Fsp3) is 0.211. The van der Waals surface area contributed by atoms with Crippen molar-refractivity contribution < 1.29 is 4.79 Å². The van der Waals surface area contributed by atoms with Gasteiger partial charge in [-0.2, -0.15) is 0 Å². The van der Waals surface area contributed by atoms with E-state index >= 15 is 0 Å². The van der Waals surface area contributed by atoms with E-state index in [1.807, 2.05) is 48.0 Å². The fourth-order valence-electron chi connectivity index (χ4n) is 2.75. The summed E-state index contributed by atoms with van der Waals surface area (Å²) in [6.07, 6.45) is 5.88. The molecular formula is C19H20N4O2. The van der Waals surface area contributed by atoms with Gasteiger partial charge in [-0.15, -0.1) is 0 Å². The molecule has 0 bridgehead atoms. The van der Waals surface area contributed by atoms with Crippen LogP contribution in [0.1, 0.15) is 34.2 Å². The molecule has 1 aromatic carbocycles. The molecule has 1 atom stereocenters. The van der Waals surface area contributed by atoms with E-state index in [0.717, 1.165) is 17.9 Å². The Bertz CT molecular complexity index is 899. The van der Waals surface area contributed by atoms with E-state index in [2.05, 4.69) is 15.3 Å². The summed E-state index contributed by atoms with van der Waals surface area (Å²) >= 11 is 0. The number of aryl methyl sites for hydroxylation is 2. The minimum atomic E-state index is -0.391. The molecule has 2 aromatic heterocycles. The highest BCUT2D eigenvalue weighted by molar-refractivity contribution is 5.94. The topological polar surface area (TPSA) is 79.8 Å². The van der Waals surface area contributed by atoms with Crippen molar-refractivity contribution in [3.8, 4) is 0 Å². The first-order valence-electron chi connectivity index (χ1n) is 8.16. The van der Waals surface area contributed by atoms with Crippen molar-refractivity contribution in [2.45, 2.75) is 25.9 Å². The highest BCUT2D eigenvalue weighted by atomic mass is 16.2. The number of rotatable bonds is 6. The third-order valence-electron chi connectivity index (χ3n) is 4.15. The normalized spacial score (nSPS) is 11.9. The Morgan fingerprint density at radius 1 is 1.24 bits per heavy atom. The molecule has 1 amide bonds. The minimum absolute atomic E-state index is 0.113. The molecular weight excluding hydrogens is 316 g/mol. The summed E-state index contributed by atoms with van der Waals surface area (Å²) in [6.45, 7) is 2.66. The summed E-state index contributed by atoms with van der Waals surface area (Å²) < 4.78 is 2.04. The van der Waals surface area contributed by atoms with Gasteiger partial charge in [-0.05, 0) is 31.0 Å². The zero-order valence-electron chi connectivity index (χ0n) is 14.0. The maximum Gasteiger partial charge on any atom is 0.260 e. The number of pyridine rings is 1. The van der Waals surface area contributed by atoms with Gasteiger partial charge in [0.1, 0.15) is 11.4 Å². The Morgan fingerprint density at radius 2 is 2.04 bits per heavy atom. The maximum absolute atomic E-state index is 12.5. The van der Waals surface area contributed by atoms with Crippen molar-refractivity contribution >= 4 is 5.91 Å². The van der Waals surface area contributed by atoms with Gasteiger partial charge in [-0.1, -0.05) is 30.3 Å². The van der Waals surface area contributed by atoms with E-state index in [4.69, 9.17) is 0 Å². The van der Waals surface area contributed by atoms with Gasteiger partial charge in [0.05, 0.1) is 6.04 Å². The lowest BCUT2D eigenvalue weighted by atomic mass is 10.0. The van der Waals surface area contributed by atoms with Crippen LogP contribution in [0.4, 0.5) is 0 Å². The number of carbonyl (C=O) groups excluding carboxylic acids is 1. The van der Waals surface area contributed by atoms with Crippen LogP contribution in [0, 0.1) is 6.92 Å². The number of amides is 1. The molecule has 6 heteroatoms. The van der Waals surface area contributed by atoms with Crippen LogP contribution in [-0.4, -0.2) is 20.4 Å². The van der Waals surface area contributed by atoms with Crippen molar-refractivity contribution in [2.24, 2.45) is 0 Å². The quantitative estimate of drug-likeness (QED) is 0.725. The van der Waals surface area contributed by atoms with Gasteiger partial charge in [-0.25, -0.2) is 4.98 Å². The van der Waals surface area contributed by atoms with Crippen LogP contribution in [0.2, 0.25) is 0 Å². The van der Waals surface area contributed by atoms with Crippen LogP contribution in [0.25, 0.3) is 0 Å². The average Bonchev–Trinajstić information content (AvgIpc) is 3.04. The van der Waals surface area contributed by atoms with Crippen LogP contribution < -0.4 is 10.9 Å². The van der Waals surface area contributed by atoms with E-state index in [-0.39, 0.29) is 17.5 Å². The molecule has 25 heavy (non-hydrogen) atoms. The summed E-state index contributed by atoms with van der Waals surface area (Å²) in [5.41, 5.74) is 0.723. The van der Waals surface area contributed by atoms with E-state index in [9.17, 15) is 9.59 Å². The van der Waals surface area contributed by atoms with E-state index in [1.54, 1.807) is 12.3 Å². The molecule has 0 unspecified atom stereocenters. The molecule has 0 aliphatic heterocycles.